The number of sulfonamides is 1. The Labute approximate surface area is 110 Å². The minimum absolute atomic E-state index is 0.306. The van der Waals surface area contributed by atoms with Gasteiger partial charge in [-0.25, -0.2) is 8.42 Å². The summed E-state index contributed by atoms with van der Waals surface area (Å²) in [7, 11) is -3.49. The fraction of sp³-hybridized carbons (Fsp3) is 0.429. The Kier molecular flexibility index (Phi) is 4.35. The molecule has 0 radical (unpaired) electrons. The zero-order chi connectivity index (χ0) is 14.0. The van der Waals surface area contributed by atoms with Crippen molar-refractivity contribution in [1.29, 1.82) is 0 Å². The van der Waals surface area contributed by atoms with Crippen molar-refractivity contribution in [2.75, 3.05) is 6.54 Å². The third-order valence-electron chi connectivity index (χ3n) is 2.70. The maximum absolute atomic E-state index is 12.7. The summed E-state index contributed by atoms with van der Waals surface area (Å²) in [6.07, 6.45) is 1.61. The predicted octanol–water partition coefficient (Wildman–Crippen LogP) is 2.97. The highest BCUT2D eigenvalue weighted by molar-refractivity contribution is 7.89. The molecule has 3 nitrogen and oxygen atoms in total. The molecule has 0 aliphatic carbocycles. The summed E-state index contributed by atoms with van der Waals surface area (Å²) in [5.41, 5.74) is 0.283. The van der Waals surface area contributed by atoms with Crippen LogP contribution in [0.15, 0.2) is 41.8 Å². The highest BCUT2D eigenvalue weighted by atomic mass is 32.2. The van der Waals surface area contributed by atoms with Crippen molar-refractivity contribution in [3.05, 3.63) is 42.5 Å². The van der Waals surface area contributed by atoms with Gasteiger partial charge in [0.2, 0.25) is 10.0 Å². The lowest BCUT2D eigenvalue weighted by molar-refractivity contribution is 0.269. The first-order valence-electron chi connectivity index (χ1n) is 5.90. The first-order valence-corrected chi connectivity index (χ1v) is 7.34. The summed E-state index contributed by atoms with van der Waals surface area (Å²) >= 11 is 0. The Morgan fingerprint density at radius 2 is 1.83 bits per heavy atom. The molecule has 4 heteroatoms. The van der Waals surface area contributed by atoms with E-state index in [4.69, 9.17) is 0 Å². The summed E-state index contributed by atoms with van der Waals surface area (Å²) in [5.74, 6) is 0. The van der Waals surface area contributed by atoms with Gasteiger partial charge in [0.1, 0.15) is 0 Å². The van der Waals surface area contributed by atoms with Crippen molar-refractivity contribution in [2.24, 2.45) is 0 Å². The van der Waals surface area contributed by atoms with Gasteiger partial charge in [-0.3, -0.25) is 0 Å². The highest BCUT2D eigenvalue weighted by Gasteiger charge is 2.33. The van der Waals surface area contributed by atoms with Crippen LogP contribution in [0, 0.1) is 6.92 Å². The molecule has 0 atom stereocenters. The van der Waals surface area contributed by atoms with Gasteiger partial charge in [-0.2, -0.15) is 4.31 Å². The molecule has 0 heterocycles. The smallest absolute Gasteiger partial charge is 0.207 e. The number of rotatable bonds is 4. The number of aryl methyl sites for hydroxylation is 1. The van der Waals surface area contributed by atoms with E-state index >= 15 is 0 Å². The number of nitrogens with zero attached hydrogens (tertiary/aromatic N) is 1. The maximum atomic E-state index is 12.7. The van der Waals surface area contributed by atoms with Gasteiger partial charge in [0, 0.05) is 12.1 Å². The Bertz CT molecular complexity index is 527. The van der Waals surface area contributed by atoms with Crippen LogP contribution in [0.5, 0.6) is 0 Å². The molecule has 0 aromatic heterocycles. The number of benzene rings is 1. The molecule has 0 saturated carbocycles. The second kappa shape index (κ2) is 5.24. The van der Waals surface area contributed by atoms with Crippen molar-refractivity contribution >= 4 is 10.0 Å². The molecule has 0 amide bonds. The molecule has 1 aromatic rings. The van der Waals surface area contributed by atoms with Gasteiger partial charge in [0.15, 0.2) is 0 Å². The maximum Gasteiger partial charge on any atom is 0.244 e. The molecule has 1 aromatic carbocycles. The van der Waals surface area contributed by atoms with E-state index in [1.165, 1.54) is 4.31 Å². The van der Waals surface area contributed by atoms with Crippen molar-refractivity contribution in [2.45, 2.75) is 38.1 Å². The van der Waals surface area contributed by atoms with Gasteiger partial charge >= 0.3 is 0 Å². The Hall–Kier alpha value is -1.13. The van der Waals surface area contributed by atoms with E-state index in [-0.39, 0.29) is 0 Å². The van der Waals surface area contributed by atoms with E-state index in [1.807, 2.05) is 39.8 Å². The predicted molar refractivity (Wildman–Crippen MR) is 75.0 cm³/mol. The molecule has 0 bridgehead atoms. The topological polar surface area (TPSA) is 37.4 Å². The lowest BCUT2D eigenvalue weighted by Crippen LogP contribution is -2.45. The molecule has 0 fully saturated rings. The summed E-state index contributed by atoms with van der Waals surface area (Å²) < 4.78 is 26.8. The molecular formula is C14H21NO2S. The van der Waals surface area contributed by atoms with Gasteiger partial charge in [-0.1, -0.05) is 24.3 Å². The van der Waals surface area contributed by atoms with Crippen LogP contribution in [0.25, 0.3) is 0 Å². The van der Waals surface area contributed by atoms with Gasteiger partial charge in [-0.05, 0) is 39.3 Å². The molecule has 0 aliphatic heterocycles. The monoisotopic (exact) mass is 267 g/mol. The first kappa shape index (κ1) is 14.9. The lowest BCUT2D eigenvalue weighted by atomic mass is 10.1. The molecular weight excluding hydrogens is 246 g/mol. The molecule has 0 aliphatic rings. The van der Waals surface area contributed by atoms with Crippen LogP contribution in [-0.2, 0) is 10.0 Å². The second-order valence-corrected chi connectivity index (χ2v) is 7.09. The molecule has 1 rings (SSSR count). The number of hydrogen-bond acceptors (Lipinski definition) is 2. The highest BCUT2D eigenvalue weighted by Crippen LogP contribution is 2.26. The van der Waals surface area contributed by atoms with Crippen LogP contribution in [0.3, 0.4) is 0 Å². The van der Waals surface area contributed by atoms with E-state index in [9.17, 15) is 8.42 Å². The van der Waals surface area contributed by atoms with E-state index in [0.717, 1.165) is 5.56 Å². The quantitative estimate of drug-likeness (QED) is 0.786. The second-order valence-electron chi connectivity index (χ2n) is 5.26. The minimum atomic E-state index is -3.49. The largest absolute Gasteiger partial charge is 0.244 e. The van der Waals surface area contributed by atoms with Crippen LogP contribution in [0.4, 0.5) is 0 Å². The van der Waals surface area contributed by atoms with Crippen LogP contribution in [0.1, 0.15) is 26.3 Å². The molecule has 0 spiro atoms. The SMILES string of the molecule is C=CCN(C(C)(C)C)S(=O)(=O)c1ccccc1C. The average Bonchev–Trinajstić information content (AvgIpc) is 2.24. The molecule has 0 N–H and O–H groups in total. The van der Waals surface area contributed by atoms with E-state index in [0.29, 0.717) is 11.4 Å². The fourth-order valence-corrected chi connectivity index (χ4v) is 3.80. The molecule has 0 unspecified atom stereocenters. The first-order chi connectivity index (χ1) is 8.21. The van der Waals surface area contributed by atoms with Crippen molar-refractivity contribution in [1.82, 2.24) is 4.31 Å². The standard InChI is InChI=1S/C14H21NO2S/c1-6-11-15(14(3,4)5)18(16,17)13-10-8-7-9-12(13)2/h6-10H,1,11H2,2-5H3. The number of hydrogen-bond donors (Lipinski definition) is 0. The third-order valence-corrected chi connectivity index (χ3v) is 5.00. The lowest BCUT2D eigenvalue weighted by Gasteiger charge is -2.34. The van der Waals surface area contributed by atoms with Crippen LogP contribution in [0.2, 0.25) is 0 Å². The fourth-order valence-electron chi connectivity index (χ4n) is 1.81. The third kappa shape index (κ3) is 3.00. The van der Waals surface area contributed by atoms with E-state index in [1.54, 1.807) is 18.2 Å². The zero-order valence-electron chi connectivity index (χ0n) is 11.5. The zero-order valence-corrected chi connectivity index (χ0v) is 12.3. The Morgan fingerprint density at radius 3 is 2.28 bits per heavy atom. The van der Waals surface area contributed by atoms with Crippen LogP contribution in [-0.4, -0.2) is 24.8 Å². The van der Waals surface area contributed by atoms with Gasteiger partial charge in [0.05, 0.1) is 4.90 Å². The van der Waals surface area contributed by atoms with Gasteiger partial charge < -0.3 is 0 Å². The van der Waals surface area contributed by atoms with E-state index in [2.05, 4.69) is 6.58 Å². The van der Waals surface area contributed by atoms with Crippen molar-refractivity contribution in [3.8, 4) is 0 Å². The molecule has 18 heavy (non-hydrogen) atoms. The molecule has 0 saturated heterocycles. The van der Waals surface area contributed by atoms with Crippen molar-refractivity contribution in [3.63, 3.8) is 0 Å². The summed E-state index contributed by atoms with van der Waals surface area (Å²) in [6.45, 7) is 11.4. The van der Waals surface area contributed by atoms with Crippen LogP contribution >= 0.6 is 0 Å². The van der Waals surface area contributed by atoms with Crippen LogP contribution < -0.4 is 0 Å². The Balaban J connectivity index is 3.35. The van der Waals surface area contributed by atoms with Gasteiger partial charge in [0.25, 0.3) is 0 Å². The normalized spacial score (nSPS) is 12.7. The molecule has 100 valence electrons. The summed E-state index contributed by atoms with van der Waals surface area (Å²) in [6, 6.07) is 7.03. The van der Waals surface area contributed by atoms with E-state index < -0.39 is 15.6 Å². The van der Waals surface area contributed by atoms with Gasteiger partial charge in [-0.15, -0.1) is 6.58 Å². The Morgan fingerprint density at radius 1 is 1.28 bits per heavy atom. The summed E-state index contributed by atoms with van der Waals surface area (Å²) in [5, 5.41) is 0. The summed E-state index contributed by atoms with van der Waals surface area (Å²) in [4.78, 5) is 0.363. The van der Waals surface area contributed by atoms with Crippen molar-refractivity contribution < 1.29 is 8.42 Å². The minimum Gasteiger partial charge on any atom is -0.207 e. The average molecular weight is 267 g/mol.